The fourth-order valence-electron chi connectivity index (χ4n) is 1.43. The van der Waals surface area contributed by atoms with Crippen molar-refractivity contribution in [1.29, 1.82) is 0 Å². The number of nitrogens with zero attached hydrogens (tertiary/aromatic N) is 2. The number of hydrogen-bond donors (Lipinski definition) is 2. The first-order valence-electron chi connectivity index (χ1n) is 5.62. The quantitative estimate of drug-likeness (QED) is 0.579. The predicted molar refractivity (Wildman–Crippen MR) is 72.4 cm³/mol. The Labute approximate surface area is 112 Å². The van der Waals surface area contributed by atoms with Crippen LogP contribution in [0.3, 0.4) is 0 Å². The number of nitrogens with one attached hydrogen (secondary N) is 2. The van der Waals surface area contributed by atoms with Crippen molar-refractivity contribution in [3.05, 3.63) is 17.0 Å². The molecule has 0 fully saturated rings. The summed E-state index contributed by atoms with van der Waals surface area (Å²) in [6, 6.07) is 0. The van der Waals surface area contributed by atoms with E-state index in [-0.39, 0.29) is 0 Å². The number of aromatic nitrogens is 2. The topological polar surface area (TPSA) is 84.0 Å². The molecule has 102 valence electrons. The molecule has 0 atom stereocenters. The van der Waals surface area contributed by atoms with Crippen LogP contribution in [0.15, 0.2) is 6.33 Å². The zero-order valence-corrected chi connectivity index (χ0v) is 12.0. The lowest BCUT2D eigenvalue weighted by atomic mass is 10.2. The maximum atomic E-state index is 10.9. The van der Waals surface area contributed by atoms with E-state index < -0.39 is 10.0 Å². The Balaban J connectivity index is 2.59. The summed E-state index contributed by atoms with van der Waals surface area (Å²) < 4.78 is 24.2. The smallest absolute Gasteiger partial charge is 0.208 e. The van der Waals surface area contributed by atoms with Crippen LogP contribution in [0.4, 0.5) is 5.82 Å². The average Bonchev–Trinajstić information content (AvgIpc) is 2.27. The summed E-state index contributed by atoms with van der Waals surface area (Å²) >= 11 is 5.99. The minimum Gasteiger partial charge on any atom is -0.368 e. The predicted octanol–water partition coefficient (Wildman–Crippen LogP) is 1.04. The first-order valence-corrected chi connectivity index (χ1v) is 7.89. The summed E-state index contributed by atoms with van der Waals surface area (Å²) in [5.41, 5.74) is 0.862. The molecule has 1 rings (SSSR count). The fourth-order valence-corrected chi connectivity index (χ4v) is 2.13. The third-order valence-corrected chi connectivity index (χ3v) is 3.23. The molecule has 8 heteroatoms. The third kappa shape index (κ3) is 5.16. The van der Waals surface area contributed by atoms with Crippen molar-refractivity contribution in [3.63, 3.8) is 0 Å². The second-order valence-electron chi connectivity index (χ2n) is 3.83. The van der Waals surface area contributed by atoms with Crippen molar-refractivity contribution in [2.75, 3.05) is 24.7 Å². The molecular formula is C10H17ClN4O2S. The Hall–Kier alpha value is -0.920. The van der Waals surface area contributed by atoms with Gasteiger partial charge in [-0.15, -0.1) is 0 Å². The van der Waals surface area contributed by atoms with E-state index in [1.54, 1.807) is 0 Å². The monoisotopic (exact) mass is 292 g/mol. The van der Waals surface area contributed by atoms with Gasteiger partial charge < -0.3 is 5.32 Å². The van der Waals surface area contributed by atoms with Crippen LogP contribution in [0.25, 0.3) is 0 Å². The molecule has 0 amide bonds. The molecule has 0 unspecified atom stereocenters. The van der Waals surface area contributed by atoms with Crippen molar-refractivity contribution in [3.8, 4) is 0 Å². The zero-order chi connectivity index (χ0) is 13.6. The van der Waals surface area contributed by atoms with E-state index in [1.807, 2.05) is 6.92 Å². The number of hydrogen-bond acceptors (Lipinski definition) is 5. The Morgan fingerprint density at radius 2 is 2.06 bits per heavy atom. The molecule has 1 aromatic rings. The molecule has 0 bridgehead atoms. The number of halogens is 1. The molecule has 18 heavy (non-hydrogen) atoms. The number of rotatable bonds is 7. The van der Waals surface area contributed by atoms with Crippen molar-refractivity contribution in [2.24, 2.45) is 0 Å². The molecule has 0 saturated carbocycles. The lowest BCUT2D eigenvalue weighted by Crippen LogP contribution is -2.28. The Morgan fingerprint density at radius 1 is 1.33 bits per heavy atom. The lowest BCUT2D eigenvalue weighted by molar-refractivity contribution is 0.589. The molecule has 0 saturated heterocycles. The fraction of sp³-hybridized carbons (Fsp3) is 0.600. The van der Waals surface area contributed by atoms with Crippen LogP contribution in [0.2, 0.25) is 5.15 Å². The van der Waals surface area contributed by atoms with Crippen molar-refractivity contribution in [1.82, 2.24) is 14.7 Å². The second kappa shape index (κ2) is 6.86. The minimum atomic E-state index is -3.16. The van der Waals surface area contributed by atoms with Gasteiger partial charge in [-0.25, -0.2) is 23.1 Å². The van der Waals surface area contributed by atoms with Gasteiger partial charge in [-0.05, 0) is 6.42 Å². The van der Waals surface area contributed by atoms with Crippen LogP contribution in [-0.4, -0.2) is 37.7 Å². The van der Waals surface area contributed by atoms with E-state index in [1.165, 1.54) is 6.33 Å². The van der Waals surface area contributed by atoms with Gasteiger partial charge in [-0.3, -0.25) is 0 Å². The van der Waals surface area contributed by atoms with Crippen molar-refractivity contribution in [2.45, 2.75) is 19.8 Å². The second-order valence-corrected chi connectivity index (χ2v) is 6.03. The van der Waals surface area contributed by atoms with Crippen molar-refractivity contribution < 1.29 is 8.42 Å². The molecule has 2 N–H and O–H groups in total. The van der Waals surface area contributed by atoms with Crippen LogP contribution in [0.1, 0.15) is 18.9 Å². The molecule has 0 aliphatic carbocycles. The molecule has 0 radical (unpaired) electrons. The van der Waals surface area contributed by atoms with E-state index in [9.17, 15) is 8.42 Å². The van der Waals surface area contributed by atoms with E-state index in [2.05, 4.69) is 20.0 Å². The maximum absolute atomic E-state index is 10.9. The SMILES string of the molecule is CCCc1c(Cl)ncnc1NCCNS(C)(=O)=O. The summed E-state index contributed by atoms with van der Waals surface area (Å²) in [5, 5.41) is 3.48. The van der Waals surface area contributed by atoms with Crippen LogP contribution >= 0.6 is 11.6 Å². The summed E-state index contributed by atoms with van der Waals surface area (Å²) in [6.45, 7) is 2.78. The van der Waals surface area contributed by atoms with Crippen LogP contribution < -0.4 is 10.0 Å². The van der Waals surface area contributed by atoms with Gasteiger partial charge in [0.1, 0.15) is 17.3 Å². The average molecular weight is 293 g/mol. The van der Waals surface area contributed by atoms with Gasteiger partial charge in [-0.2, -0.15) is 0 Å². The summed E-state index contributed by atoms with van der Waals surface area (Å²) in [6.07, 6.45) is 4.22. The largest absolute Gasteiger partial charge is 0.368 e. The van der Waals surface area contributed by atoms with Gasteiger partial charge in [0.15, 0.2) is 0 Å². The molecular weight excluding hydrogens is 276 g/mol. The first-order chi connectivity index (χ1) is 8.44. The standard InChI is InChI=1S/C10H17ClN4O2S/c1-3-4-8-9(11)13-7-14-10(8)12-5-6-15-18(2,16)17/h7,15H,3-6H2,1-2H3,(H,12,13,14). The Kier molecular flexibility index (Phi) is 5.77. The highest BCUT2D eigenvalue weighted by atomic mass is 35.5. The van der Waals surface area contributed by atoms with Crippen molar-refractivity contribution >= 4 is 27.4 Å². The zero-order valence-electron chi connectivity index (χ0n) is 10.4. The van der Waals surface area contributed by atoms with Gasteiger partial charge in [0, 0.05) is 18.7 Å². The van der Waals surface area contributed by atoms with Crippen LogP contribution in [0.5, 0.6) is 0 Å². The highest BCUT2D eigenvalue weighted by Crippen LogP contribution is 2.20. The molecule has 0 spiro atoms. The molecule has 6 nitrogen and oxygen atoms in total. The Bertz CT molecular complexity index is 493. The van der Waals surface area contributed by atoms with Crippen LogP contribution in [0, 0.1) is 0 Å². The normalized spacial score (nSPS) is 11.5. The molecule has 1 aromatic heterocycles. The lowest BCUT2D eigenvalue weighted by Gasteiger charge is -2.11. The van der Waals surface area contributed by atoms with Gasteiger partial charge in [-0.1, -0.05) is 24.9 Å². The molecule has 1 heterocycles. The van der Waals surface area contributed by atoms with E-state index in [4.69, 9.17) is 11.6 Å². The van der Waals surface area contributed by atoms with E-state index in [0.29, 0.717) is 24.1 Å². The third-order valence-electron chi connectivity index (χ3n) is 2.17. The summed E-state index contributed by atoms with van der Waals surface area (Å²) in [4.78, 5) is 8.04. The molecule has 0 aromatic carbocycles. The summed E-state index contributed by atoms with van der Waals surface area (Å²) in [5.74, 6) is 0.659. The van der Waals surface area contributed by atoms with Gasteiger partial charge >= 0.3 is 0 Å². The Morgan fingerprint density at radius 3 is 2.67 bits per heavy atom. The van der Waals surface area contributed by atoms with E-state index in [0.717, 1.165) is 24.7 Å². The van der Waals surface area contributed by atoms with Gasteiger partial charge in [0.25, 0.3) is 0 Å². The number of anilines is 1. The first kappa shape index (κ1) is 15.1. The van der Waals surface area contributed by atoms with E-state index >= 15 is 0 Å². The highest BCUT2D eigenvalue weighted by Gasteiger charge is 2.08. The highest BCUT2D eigenvalue weighted by molar-refractivity contribution is 7.88. The van der Waals surface area contributed by atoms with Gasteiger partial charge in [0.2, 0.25) is 10.0 Å². The minimum absolute atomic E-state index is 0.298. The van der Waals surface area contributed by atoms with Gasteiger partial charge in [0.05, 0.1) is 6.26 Å². The number of sulfonamides is 1. The molecule has 0 aliphatic rings. The van der Waals surface area contributed by atoms with Crippen LogP contribution in [-0.2, 0) is 16.4 Å². The summed E-state index contributed by atoms with van der Waals surface area (Å²) in [7, 11) is -3.16. The maximum Gasteiger partial charge on any atom is 0.208 e. The molecule has 0 aliphatic heterocycles.